The molecule has 0 aliphatic carbocycles. The molecular formula is C23H24N4O4. The van der Waals surface area contributed by atoms with Gasteiger partial charge in [0.15, 0.2) is 6.10 Å². The number of fused-ring (bicyclic) bond motifs is 1. The molecule has 2 aromatic carbocycles. The van der Waals surface area contributed by atoms with Crippen molar-refractivity contribution < 1.29 is 19.1 Å². The summed E-state index contributed by atoms with van der Waals surface area (Å²) in [6.07, 6.45) is 2.90. The third kappa shape index (κ3) is 4.37. The number of hydrogen-bond acceptors (Lipinski definition) is 5. The first-order chi connectivity index (χ1) is 15.0. The van der Waals surface area contributed by atoms with Gasteiger partial charge in [0, 0.05) is 12.4 Å². The van der Waals surface area contributed by atoms with E-state index in [0.717, 1.165) is 0 Å². The lowest BCUT2D eigenvalue weighted by molar-refractivity contribution is -0.128. The lowest BCUT2D eigenvalue weighted by Gasteiger charge is -2.36. The van der Waals surface area contributed by atoms with Crippen LogP contribution in [0.4, 0.5) is 11.4 Å². The fraction of sp³-hybridized carbons (Fsp3) is 0.261. The predicted molar refractivity (Wildman–Crippen MR) is 116 cm³/mol. The zero-order valence-electron chi connectivity index (χ0n) is 17.4. The molecule has 31 heavy (non-hydrogen) atoms. The highest BCUT2D eigenvalue weighted by Crippen LogP contribution is 2.35. The van der Waals surface area contributed by atoms with Crippen molar-refractivity contribution in [1.82, 2.24) is 9.78 Å². The van der Waals surface area contributed by atoms with Crippen molar-refractivity contribution in [1.29, 1.82) is 0 Å². The van der Waals surface area contributed by atoms with Crippen LogP contribution in [-0.2, 0) is 16.1 Å². The van der Waals surface area contributed by atoms with Gasteiger partial charge in [-0.3, -0.25) is 19.2 Å². The summed E-state index contributed by atoms with van der Waals surface area (Å²) in [5.41, 5.74) is 1.12. The molecule has 8 nitrogen and oxygen atoms in total. The van der Waals surface area contributed by atoms with Crippen LogP contribution in [0.25, 0.3) is 0 Å². The Morgan fingerprint density at radius 2 is 1.97 bits per heavy atom. The minimum absolute atomic E-state index is 0.259. The second-order valence-corrected chi connectivity index (χ2v) is 7.22. The van der Waals surface area contributed by atoms with Crippen LogP contribution in [-0.4, -0.2) is 40.3 Å². The number of carbonyl (C=O) groups excluding carboxylic acids is 2. The third-order valence-corrected chi connectivity index (χ3v) is 5.06. The number of nitrogens with zero attached hydrogens (tertiary/aromatic N) is 3. The summed E-state index contributed by atoms with van der Waals surface area (Å²) in [7, 11) is 0. The van der Waals surface area contributed by atoms with Gasteiger partial charge < -0.3 is 14.8 Å². The predicted octanol–water partition coefficient (Wildman–Crippen LogP) is 3.10. The Balaban J connectivity index is 1.47. The molecule has 0 saturated heterocycles. The van der Waals surface area contributed by atoms with E-state index in [1.807, 2.05) is 36.5 Å². The molecule has 1 aliphatic rings. The summed E-state index contributed by atoms with van der Waals surface area (Å²) in [4.78, 5) is 27.4. The summed E-state index contributed by atoms with van der Waals surface area (Å²) in [5.74, 6) is 0.555. The van der Waals surface area contributed by atoms with E-state index >= 15 is 0 Å². The smallest absolute Gasteiger partial charge is 0.268 e. The van der Waals surface area contributed by atoms with Gasteiger partial charge >= 0.3 is 0 Å². The number of anilines is 2. The van der Waals surface area contributed by atoms with Crippen molar-refractivity contribution in [2.45, 2.75) is 32.5 Å². The van der Waals surface area contributed by atoms with E-state index in [1.54, 1.807) is 49.0 Å². The summed E-state index contributed by atoms with van der Waals surface area (Å²) in [5, 5.41) is 7.04. The molecule has 0 unspecified atom stereocenters. The van der Waals surface area contributed by atoms with E-state index in [4.69, 9.17) is 9.47 Å². The molecule has 4 rings (SSSR count). The number of hydrogen-bond donors (Lipinski definition) is 1. The maximum Gasteiger partial charge on any atom is 0.268 e. The van der Waals surface area contributed by atoms with E-state index in [1.165, 1.54) is 4.90 Å². The van der Waals surface area contributed by atoms with Crippen molar-refractivity contribution >= 4 is 23.2 Å². The Bertz CT molecular complexity index is 1070. The third-order valence-electron chi connectivity index (χ3n) is 5.06. The van der Waals surface area contributed by atoms with Crippen LogP contribution in [0, 0.1) is 0 Å². The van der Waals surface area contributed by atoms with Crippen LogP contribution in [0.3, 0.4) is 0 Å². The Morgan fingerprint density at radius 3 is 2.77 bits per heavy atom. The molecule has 0 fully saturated rings. The first-order valence-corrected chi connectivity index (χ1v) is 10.1. The maximum atomic E-state index is 13.1. The molecule has 0 bridgehead atoms. The molecule has 2 amide bonds. The topological polar surface area (TPSA) is 85.7 Å². The average molecular weight is 420 g/mol. The maximum absolute atomic E-state index is 13.1. The van der Waals surface area contributed by atoms with Crippen molar-refractivity contribution in [3.05, 3.63) is 67.0 Å². The van der Waals surface area contributed by atoms with Crippen LogP contribution in [0.1, 0.15) is 13.8 Å². The summed E-state index contributed by atoms with van der Waals surface area (Å²) in [6.45, 7) is 4.36. The van der Waals surface area contributed by atoms with E-state index in [-0.39, 0.29) is 11.8 Å². The first-order valence-electron chi connectivity index (χ1n) is 10.1. The average Bonchev–Trinajstić information content (AvgIpc) is 3.29. The number of aromatic nitrogens is 2. The van der Waals surface area contributed by atoms with Crippen molar-refractivity contribution in [3.8, 4) is 11.5 Å². The standard InChI is InChI=1S/C23H24N4O4/c1-16(27-19-9-4-6-11-21(19)31-17(2)23(27)29)22(28)25-18-8-3-5-10-20(18)30-15-14-26-13-7-12-24-26/h3-13,16-17H,14-15H2,1-2H3,(H,25,28)/t16-,17+/m0/s1. The fourth-order valence-electron chi connectivity index (χ4n) is 3.44. The highest BCUT2D eigenvalue weighted by molar-refractivity contribution is 6.08. The molecule has 0 saturated carbocycles. The monoisotopic (exact) mass is 420 g/mol. The quantitative estimate of drug-likeness (QED) is 0.635. The Morgan fingerprint density at radius 1 is 1.19 bits per heavy atom. The summed E-state index contributed by atoms with van der Waals surface area (Å²) >= 11 is 0. The Labute approximate surface area is 180 Å². The minimum Gasteiger partial charge on any atom is -0.489 e. The molecule has 160 valence electrons. The molecule has 1 N–H and O–H groups in total. The SMILES string of the molecule is C[C@H]1Oc2ccccc2N([C@@H](C)C(=O)Nc2ccccc2OCCn2cccn2)C1=O. The largest absolute Gasteiger partial charge is 0.489 e. The number of ether oxygens (including phenoxy) is 2. The van der Waals surface area contributed by atoms with Crippen LogP contribution in [0.5, 0.6) is 11.5 Å². The van der Waals surface area contributed by atoms with Crippen molar-refractivity contribution in [2.24, 2.45) is 0 Å². The van der Waals surface area contributed by atoms with Gasteiger partial charge in [-0.15, -0.1) is 0 Å². The van der Waals surface area contributed by atoms with Crippen LogP contribution < -0.4 is 19.7 Å². The van der Waals surface area contributed by atoms with Gasteiger partial charge in [-0.05, 0) is 44.2 Å². The minimum atomic E-state index is -0.739. The summed E-state index contributed by atoms with van der Waals surface area (Å²) in [6, 6.07) is 15.5. The highest BCUT2D eigenvalue weighted by atomic mass is 16.5. The number of rotatable bonds is 7. The fourth-order valence-corrected chi connectivity index (χ4v) is 3.44. The molecule has 0 spiro atoms. The van der Waals surface area contributed by atoms with Crippen LogP contribution in [0.15, 0.2) is 67.0 Å². The number of nitrogens with one attached hydrogen (secondary N) is 1. The van der Waals surface area contributed by atoms with Gasteiger partial charge in [0.1, 0.15) is 24.1 Å². The molecule has 1 aromatic heterocycles. The van der Waals surface area contributed by atoms with Gasteiger partial charge in [0.25, 0.3) is 5.91 Å². The number of benzene rings is 2. The van der Waals surface area contributed by atoms with Gasteiger partial charge in [0.05, 0.1) is 17.9 Å². The second-order valence-electron chi connectivity index (χ2n) is 7.22. The van der Waals surface area contributed by atoms with E-state index in [2.05, 4.69) is 10.4 Å². The van der Waals surface area contributed by atoms with Crippen LogP contribution in [0.2, 0.25) is 0 Å². The van der Waals surface area contributed by atoms with Crippen molar-refractivity contribution in [3.63, 3.8) is 0 Å². The molecule has 0 radical (unpaired) electrons. The molecule has 2 heterocycles. The summed E-state index contributed by atoms with van der Waals surface area (Å²) < 4.78 is 13.3. The molecule has 2 atom stereocenters. The van der Waals surface area contributed by atoms with Gasteiger partial charge in [-0.25, -0.2) is 0 Å². The van der Waals surface area contributed by atoms with Crippen molar-refractivity contribution in [2.75, 3.05) is 16.8 Å². The molecule has 1 aliphatic heterocycles. The van der Waals surface area contributed by atoms with Gasteiger partial charge in [-0.1, -0.05) is 24.3 Å². The Hall–Kier alpha value is -3.81. The lowest BCUT2D eigenvalue weighted by atomic mass is 10.1. The van der Waals surface area contributed by atoms with Crippen LogP contribution >= 0.6 is 0 Å². The molecule has 3 aromatic rings. The number of carbonyl (C=O) groups is 2. The zero-order chi connectivity index (χ0) is 21.8. The first kappa shape index (κ1) is 20.5. The van der Waals surface area contributed by atoms with Gasteiger partial charge in [0.2, 0.25) is 5.91 Å². The molecular weight excluding hydrogens is 396 g/mol. The highest BCUT2D eigenvalue weighted by Gasteiger charge is 2.37. The Kier molecular flexibility index (Phi) is 5.88. The second kappa shape index (κ2) is 8.91. The van der Waals surface area contributed by atoms with E-state index in [9.17, 15) is 9.59 Å². The lowest BCUT2D eigenvalue weighted by Crippen LogP contribution is -2.52. The van der Waals surface area contributed by atoms with E-state index < -0.39 is 12.1 Å². The molecule has 8 heteroatoms. The zero-order valence-corrected chi connectivity index (χ0v) is 17.4. The number of amides is 2. The normalized spacial score (nSPS) is 16.3. The van der Waals surface area contributed by atoms with Gasteiger partial charge in [-0.2, -0.15) is 5.10 Å². The van der Waals surface area contributed by atoms with E-state index in [0.29, 0.717) is 36.0 Å². The number of para-hydroxylation sites is 4.